The normalized spacial score (nSPS) is 17.3. The monoisotopic (exact) mass is 470 g/mol. The summed E-state index contributed by atoms with van der Waals surface area (Å²) in [6.45, 7) is 7.27. The number of carbonyl (C=O) groups is 2. The third-order valence-corrected chi connectivity index (χ3v) is 6.78. The highest BCUT2D eigenvalue weighted by atomic mass is 32.2. The molecule has 1 fully saturated rings. The van der Waals surface area contributed by atoms with Gasteiger partial charge in [-0.2, -0.15) is 0 Å². The van der Waals surface area contributed by atoms with Gasteiger partial charge in [-0.05, 0) is 70.1 Å². The molecule has 2 amide bonds. The lowest BCUT2D eigenvalue weighted by Gasteiger charge is -2.33. The summed E-state index contributed by atoms with van der Waals surface area (Å²) in [7, 11) is -3.68. The quantitative estimate of drug-likeness (QED) is 0.665. The minimum atomic E-state index is -3.68. The predicted octanol–water partition coefficient (Wildman–Crippen LogP) is 3.77. The number of rotatable bonds is 4. The Kier molecular flexibility index (Phi) is 7.02. The van der Waals surface area contributed by atoms with Gasteiger partial charge in [0.25, 0.3) is 0 Å². The van der Waals surface area contributed by atoms with Gasteiger partial charge in [0, 0.05) is 25.9 Å². The van der Waals surface area contributed by atoms with Gasteiger partial charge in [-0.1, -0.05) is 0 Å². The molecule has 0 N–H and O–H groups in total. The van der Waals surface area contributed by atoms with Crippen LogP contribution in [0.15, 0.2) is 17.0 Å². The molecule has 0 saturated carbocycles. The van der Waals surface area contributed by atoms with E-state index in [4.69, 9.17) is 9.47 Å². The second-order valence-corrected chi connectivity index (χ2v) is 11.4. The van der Waals surface area contributed by atoms with Crippen molar-refractivity contribution in [3.63, 3.8) is 0 Å². The number of halogens is 1. The van der Waals surface area contributed by atoms with Crippen LogP contribution in [0.5, 0.6) is 0 Å². The fourth-order valence-corrected chi connectivity index (χ4v) is 4.75. The molecule has 0 radical (unpaired) electrons. The molecule has 10 heteroatoms. The van der Waals surface area contributed by atoms with E-state index >= 15 is 0 Å². The minimum absolute atomic E-state index is 0.228. The topological polar surface area (TPSA) is 93.2 Å². The number of hydrogen-bond acceptors (Lipinski definition) is 6. The van der Waals surface area contributed by atoms with Crippen molar-refractivity contribution in [3.05, 3.63) is 23.5 Å². The Labute approximate surface area is 188 Å². The summed E-state index contributed by atoms with van der Waals surface area (Å²) in [6.07, 6.45) is 2.82. The van der Waals surface area contributed by atoms with Gasteiger partial charge < -0.3 is 14.4 Å². The van der Waals surface area contributed by atoms with Crippen LogP contribution in [0.3, 0.4) is 0 Å². The molecule has 2 aliphatic rings. The van der Waals surface area contributed by atoms with E-state index in [0.29, 0.717) is 49.6 Å². The molecule has 2 aliphatic heterocycles. The SMILES string of the molecule is CC(C)(C)OC(=O)N1CCC(CCOC(=O)N2CCc3cc(S(C)(=O)=O)c(F)cc32)CC1. The van der Waals surface area contributed by atoms with Crippen LogP contribution in [-0.4, -0.2) is 63.6 Å². The van der Waals surface area contributed by atoms with Crippen molar-refractivity contribution in [1.82, 2.24) is 4.90 Å². The number of piperidine rings is 1. The molecular formula is C22H31FN2O6S. The maximum Gasteiger partial charge on any atom is 0.414 e. The molecule has 8 nitrogen and oxygen atoms in total. The Balaban J connectivity index is 1.47. The van der Waals surface area contributed by atoms with E-state index in [2.05, 4.69) is 0 Å². The van der Waals surface area contributed by atoms with E-state index in [1.54, 1.807) is 4.90 Å². The van der Waals surface area contributed by atoms with Crippen LogP contribution in [0, 0.1) is 11.7 Å². The summed E-state index contributed by atoms with van der Waals surface area (Å²) in [6, 6.07) is 2.39. The number of ether oxygens (including phenoxy) is 2. The average Bonchev–Trinajstić information content (AvgIpc) is 3.08. The van der Waals surface area contributed by atoms with Crippen LogP contribution in [0.4, 0.5) is 19.7 Å². The number of hydrogen-bond donors (Lipinski definition) is 0. The minimum Gasteiger partial charge on any atom is -0.449 e. The second-order valence-electron chi connectivity index (χ2n) is 9.40. The van der Waals surface area contributed by atoms with Crippen LogP contribution < -0.4 is 4.90 Å². The van der Waals surface area contributed by atoms with Gasteiger partial charge in [-0.25, -0.2) is 22.4 Å². The summed E-state index contributed by atoms with van der Waals surface area (Å²) in [4.78, 5) is 27.3. The highest BCUT2D eigenvalue weighted by molar-refractivity contribution is 7.90. The lowest BCUT2D eigenvalue weighted by molar-refractivity contribution is 0.0175. The van der Waals surface area contributed by atoms with E-state index < -0.39 is 27.3 Å². The zero-order valence-corrected chi connectivity index (χ0v) is 19.8. The molecule has 3 rings (SSSR count). The summed E-state index contributed by atoms with van der Waals surface area (Å²) in [5.74, 6) is -0.537. The maximum atomic E-state index is 14.3. The van der Waals surface area contributed by atoms with Gasteiger partial charge >= 0.3 is 12.2 Å². The Hall–Kier alpha value is -2.36. The Morgan fingerprint density at radius 2 is 1.78 bits per heavy atom. The number of benzene rings is 1. The first kappa shape index (κ1) is 24.3. The molecule has 1 saturated heterocycles. The van der Waals surface area contributed by atoms with Crippen LogP contribution >= 0.6 is 0 Å². The van der Waals surface area contributed by atoms with Crippen LogP contribution in [0.1, 0.15) is 45.6 Å². The summed E-state index contributed by atoms with van der Waals surface area (Å²) >= 11 is 0. The first-order valence-electron chi connectivity index (χ1n) is 10.8. The van der Waals surface area contributed by atoms with Gasteiger partial charge in [0.1, 0.15) is 16.3 Å². The first-order valence-corrected chi connectivity index (χ1v) is 12.7. The third kappa shape index (κ3) is 5.90. The van der Waals surface area contributed by atoms with Gasteiger partial charge in [0.05, 0.1) is 12.3 Å². The maximum absolute atomic E-state index is 14.3. The van der Waals surface area contributed by atoms with Crippen molar-refractivity contribution < 1.29 is 31.9 Å². The molecule has 32 heavy (non-hydrogen) atoms. The smallest absolute Gasteiger partial charge is 0.414 e. The number of amides is 2. The third-order valence-electron chi connectivity index (χ3n) is 5.67. The number of sulfone groups is 1. The molecule has 0 aromatic heterocycles. The number of nitrogens with zero attached hydrogens (tertiary/aromatic N) is 2. The zero-order valence-electron chi connectivity index (χ0n) is 19.0. The first-order chi connectivity index (χ1) is 14.8. The fourth-order valence-electron chi connectivity index (χ4n) is 3.98. The molecule has 0 unspecified atom stereocenters. The Morgan fingerprint density at radius 3 is 2.38 bits per heavy atom. The van der Waals surface area contributed by atoms with Gasteiger partial charge in [0.2, 0.25) is 0 Å². The standard InChI is InChI=1S/C22H31FN2O6S/c1-22(2,3)31-20(26)24-9-5-15(6-10-24)8-12-30-21(27)25-11-7-16-13-19(32(4,28)29)17(23)14-18(16)25/h13-15H,5-12H2,1-4H3. The molecule has 0 aliphatic carbocycles. The Bertz CT molecular complexity index is 981. The molecule has 0 bridgehead atoms. The largest absolute Gasteiger partial charge is 0.449 e. The summed E-state index contributed by atoms with van der Waals surface area (Å²) in [5.41, 5.74) is 0.440. The predicted molar refractivity (Wildman–Crippen MR) is 117 cm³/mol. The number of carbonyl (C=O) groups excluding carboxylic acids is 2. The molecule has 0 atom stereocenters. The highest BCUT2D eigenvalue weighted by Crippen LogP contribution is 2.33. The van der Waals surface area contributed by atoms with Gasteiger partial charge in [-0.3, -0.25) is 4.90 Å². The Morgan fingerprint density at radius 1 is 1.12 bits per heavy atom. The summed E-state index contributed by atoms with van der Waals surface area (Å²) < 4.78 is 48.5. The second kappa shape index (κ2) is 9.25. The van der Waals surface area contributed by atoms with Crippen molar-refractivity contribution in [2.45, 2.75) is 57.0 Å². The molecule has 1 aromatic carbocycles. The van der Waals surface area contributed by atoms with Crippen LogP contribution in [-0.2, 0) is 25.7 Å². The van der Waals surface area contributed by atoms with Crippen molar-refractivity contribution in [3.8, 4) is 0 Å². The number of likely N-dealkylation sites (tertiary alicyclic amines) is 1. The van der Waals surface area contributed by atoms with E-state index in [0.717, 1.165) is 25.2 Å². The van der Waals surface area contributed by atoms with Crippen molar-refractivity contribution in [2.24, 2.45) is 5.92 Å². The van der Waals surface area contributed by atoms with Crippen LogP contribution in [0.2, 0.25) is 0 Å². The number of fused-ring (bicyclic) bond motifs is 1. The van der Waals surface area contributed by atoms with E-state index in [-0.39, 0.29) is 17.6 Å². The highest BCUT2D eigenvalue weighted by Gasteiger charge is 2.30. The molecule has 2 heterocycles. The van der Waals surface area contributed by atoms with E-state index in [9.17, 15) is 22.4 Å². The van der Waals surface area contributed by atoms with Crippen molar-refractivity contribution in [2.75, 3.05) is 37.4 Å². The van der Waals surface area contributed by atoms with Crippen molar-refractivity contribution in [1.29, 1.82) is 0 Å². The van der Waals surface area contributed by atoms with Gasteiger partial charge in [0.15, 0.2) is 9.84 Å². The lowest BCUT2D eigenvalue weighted by atomic mass is 9.94. The lowest BCUT2D eigenvalue weighted by Crippen LogP contribution is -2.42. The van der Waals surface area contributed by atoms with E-state index in [1.165, 1.54) is 11.0 Å². The molecule has 1 aromatic rings. The van der Waals surface area contributed by atoms with Crippen LogP contribution in [0.25, 0.3) is 0 Å². The fraction of sp³-hybridized carbons (Fsp3) is 0.636. The van der Waals surface area contributed by atoms with Crippen molar-refractivity contribution >= 4 is 27.7 Å². The molecule has 0 spiro atoms. The summed E-state index contributed by atoms with van der Waals surface area (Å²) in [5, 5.41) is 0. The van der Waals surface area contributed by atoms with Gasteiger partial charge in [-0.15, -0.1) is 0 Å². The molecule has 178 valence electrons. The van der Waals surface area contributed by atoms with E-state index in [1.807, 2.05) is 20.8 Å². The average molecular weight is 471 g/mol. The zero-order chi connectivity index (χ0) is 23.7. The number of anilines is 1. The molecular weight excluding hydrogens is 439 g/mol.